The highest BCUT2D eigenvalue weighted by molar-refractivity contribution is 7.18. The molecule has 1 fully saturated rings. The van der Waals surface area contributed by atoms with E-state index in [1.165, 1.54) is 6.92 Å². The van der Waals surface area contributed by atoms with Crippen LogP contribution in [0.25, 0.3) is 0 Å². The summed E-state index contributed by atoms with van der Waals surface area (Å²) in [5, 5.41) is 0. The predicted molar refractivity (Wildman–Crippen MR) is 56.3 cm³/mol. The third kappa shape index (κ3) is 7.03. The van der Waals surface area contributed by atoms with Crippen molar-refractivity contribution < 1.29 is 23.9 Å². The molecule has 1 aliphatic rings. The first kappa shape index (κ1) is 14.0. The molecule has 86 valence electrons. The summed E-state index contributed by atoms with van der Waals surface area (Å²) in [4.78, 5) is 30.1. The van der Waals surface area contributed by atoms with E-state index in [4.69, 9.17) is 14.3 Å². The molecule has 0 N–H and O–H groups in total. The van der Waals surface area contributed by atoms with Crippen LogP contribution in [0.1, 0.15) is 13.3 Å². The summed E-state index contributed by atoms with van der Waals surface area (Å²) in [6.07, 6.45) is 1.41. The predicted octanol–water partition coefficient (Wildman–Crippen LogP) is 0.173. The molecular weight excluding hydrogens is 219 g/mol. The van der Waals surface area contributed by atoms with Gasteiger partial charge in [-0.3, -0.25) is 9.59 Å². The second-order valence-electron chi connectivity index (χ2n) is 2.88. The Labute approximate surface area is 90.7 Å². The summed E-state index contributed by atoms with van der Waals surface area (Å²) < 4.78 is 9.53. The summed E-state index contributed by atoms with van der Waals surface area (Å²) >= 11 is 0. The number of carbonyl (C=O) groups is 3. The van der Waals surface area contributed by atoms with Crippen LogP contribution in [0.4, 0.5) is 0 Å². The van der Waals surface area contributed by atoms with E-state index in [9.17, 15) is 9.59 Å². The highest BCUT2D eigenvalue weighted by atomic mass is 31.0. The van der Waals surface area contributed by atoms with Gasteiger partial charge in [-0.25, -0.2) is 0 Å². The highest BCUT2D eigenvalue weighted by Crippen LogP contribution is 2.13. The van der Waals surface area contributed by atoms with Gasteiger partial charge in [0.05, 0.1) is 25.8 Å². The van der Waals surface area contributed by atoms with Gasteiger partial charge in [0.1, 0.15) is 6.29 Å². The molecule has 1 aliphatic heterocycles. The standard InChI is InChI=1S/C7H11O4P.C2H4O/c8-6-1-5(2-10-6)3-11-7(9)4-12;1-2-3/h5H,1-4,12H2;2H,1H3. The van der Waals surface area contributed by atoms with E-state index in [-0.39, 0.29) is 17.9 Å². The van der Waals surface area contributed by atoms with Gasteiger partial charge in [-0.05, 0) is 6.92 Å². The van der Waals surface area contributed by atoms with Crippen LogP contribution in [0.3, 0.4) is 0 Å². The Morgan fingerprint density at radius 1 is 1.73 bits per heavy atom. The van der Waals surface area contributed by atoms with Gasteiger partial charge in [-0.15, -0.1) is 9.24 Å². The number of aldehydes is 1. The zero-order valence-corrected chi connectivity index (χ0v) is 9.76. The molecule has 0 bridgehead atoms. The maximum atomic E-state index is 10.7. The first-order chi connectivity index (χ1) is 7.13. The van der Waals surface area contributed by atoms with Gasteiger partial charge in [0, 0.05) is 5.92 Å². The van der Waals surface area contributed by atoms with Gasteiger partial charge in [0.25, 0.3) is 0 Å². The lowest BCUT2D eigenvalue weighted by Crippen LogP contribution is -2.14. The molecule has 0 aromatic carbocycles. The molecular formula is C9H15O5P. The minimum Gasteiger partial charge on any atom is -0.465 e. The van der Waals surface area contributed by atoms with Crippen LogP contribution < -0.4 is 0 Å². The van der Waals surface area contributed by atoms with Gasteiger partial charge in [0.15, 0.2) is 0 Å². The maximum absolute atomic E-state index is 10.7. The molecule has 6 heteroatoms. The number of rotatable bonds is 3. The average molecular weight is 234 g/mol. The van der Waals surface area contributed by atoms with Crippen LogP contribution >= 0.6 is 9.24 Å². The van der Waals surface area contributed by atoms with Crippen LogP contribution in [-0.2, 0) is 23.9 Å². The van der Waals surface area contributed by atoms with Crippen molar-refractivity contribution in [2.24, 2.45) is 5.92 Å². The Morgan fingerprint density at radius 2 is 2.33 bits per heavy atom. The van der Waals surface area contributed by atoms with Crippen LogP contribution in [0.15, 0.2) is 0 Å². The first-order valence-corrected chi connectivity index (χ1v) is 5.36. The van der Waals surface area contributed by atoms with Gasteiger partial charge >= 0.3 is 11.9 Å². The molecule has 0 aromatic heterocycles. The van der Waals surface area contributed by atoms with Crippen molar-refractivity contribution in [3.8, 4) is 0 Å². The summed E-state index contributed by atoms with van der Waals surface area (Å²) in [6, 6.07) is 0. The number of hydrogen-bond donors (Lipinski definition) is 0. The van der Waals surface area contributed by atoms with Crippen molar-refractivity contribution in [2.75, 3.05) is 19.4 Å². The molecule has 0 spiro atoms. The van der Waals surface area contributed by atoms with Crippen molar-refractivity contribution in [2.45, 2.75) is 13.3 Å². The molecule has 0 radical (unpaired) electrons. The molecule has 1 heterocycles. The van der Waals surface area contributed by atoms with E-state index in [0.29, 0.717) is 25.8 Å². The zero-order chi connectivity index (χ0) is 11.7. The minimum absolute atomic E-state index is 0.0537. The van der Waals surface area contributed by atoms with Gasteiger partial charge in [-0.2, -0.15) is 0 Å². The van der Waals surface area contributed by atoms with E-state index in [1.807, 2.05) is 0 Å². The van der Waals surface area contributed by atoms with Crippen molar-refractivity contribution in [3.63, 3.8) is 0 Å². The van der Waals surface area contributed by atoms with Crippen molar-refractivity contribution in [1.82, 2.24) is 0 Å². The second-order valence-corrected chi connectivity index (χ2v) is 3.28. The molecule has 0 aliphatic carbocycles. The molecule has 2 atom stereocenters. The van der Waals surface area contributed by atoms with Gasteiger partial charge in [-0.1, -0.05) is 0 Å². The number of carbonyl (C=O) groups excluding carboxylic acids is 3. The van der Waals surface area contributed by atoms with Gasteiger partial charge in [0.2, 0.25) is 0 Å². The Morgan fingerprint density at radius 3 is 2.73 bits per heavy atom. The lowest BCUT2D eigenvalue weighted by molar-refractivity contribution is -0.141. The van der Waals surface area contributed by atoms with E-state index in [2.05, 4.69) is 9.24 Å². The molecule has 0 saturated carbocycles. The summed E-state index contributed by atoms with van der Waals surface area (Å²) in [5.41, 5.74) is 0. The van der Waals surface area contributed by atoms with Crippen LogP contribution in [0.2, 0.25) is 0 Å². The monoisotopic (exact) mass is 234 g/mol. The number of hydrogen-bond acceptors (Lipinski definition) is 5. The summed E-state index contributed by atoms with van der Waals surface area (Å²) in [6.45, 7) is 2.11. The average Bonchev–Trinajstić information content (AvgIpc) is 2.62. The number of esters is 2. The zero-order valence-electron chi connectivity index (χ0n) is 8.60. The molecule has 0 aromatic rings. The van der Waals surface area contributed by atoms with Crippen molar-refractivity contribution >= 4 is 27.5 Å². The third-order valence-corrected chi connectivity index (χ3v) is 1.92. The van der Waals surface area contributed by atoms with E-state index < -0.39 is 0 Å². The van der Waals surface area contributed by atoms with Crippen LogP contribution in [-0.4, -0.2) is 37.6 Å². The lowest BCUT2D eigenvalue weighted by Gasteiger charge is -2.05. The molecule has 0 amide bonds. The smallest absolute Gasteiger partial charge is 0.309 e. The fourth-order valence-electron chi connectivity index (χ4n) is 0.941. The largest absolute Gasteiger partial charge is 0.465 e. The minimum atomic E-state index is -0.264. The van der Waals surface area contributed by atoms with Crippen molar-refractivity contribution in [3.05, 3.63) is 0 Å². The number of ether oxygens (including phenoxy) is 2. The lowest BCUT2D eigenvalue weighted by atomic mass is 10.1. The summed E-state index contributed by atoms with van der Waals surface area (Å²) in [7, 11) is 2.28. The molecule has 2 unspecified atom stereocenters. The third-order valence-electron chi connectivity index (χ3n) is 1.58. The van der Waals surface area contributed by atoms with Crippen LogP contribution in [0, 0.1) is 5.92 Å². The van der Waals surface area contributed by atoms with Gasteiger partial charge < -0.3 is 14.3 Å². The Kier molecular flexibility index (Phi) is 7.82. The summed E-state index contributed by atoms with van der Waals surface area (Å²) in [5.74, 6) is -0.417. The molecule has 15 heavy (non-hydrogen) atoms. The quantitative estimate of drug-likeness (QED) is 0.395. The first-order valence-electron chi connectivity index (χ1n) is 4.55. The normalized spacial score (nSPS) is 18.5. The molecule has 5 nitrogen and oxygen atoms in total. The topological polar surface area (TPSA) is 69.7 Å². The Balaban J connectivity index is 0.000000583. The van der Waals surface area contributed by atoms with E-state index in [0.717, 1.165) is 6.29 Å². The SMILES string of the molecule is CC=O.O=C(CP)OCC1COC(=O)C1. The van der Waals surface area contributed by atoms with Crippen LogP contribution in [0.5, 0.6) is 0 Å². The maximum Gasteiger partial charge on any atom is 0.309 e. The number of cyclic esters (lactones) is 1. The fourth-order valence-corrected chi connectivity index (χ4v) is 1.06. The highest BCUT2D eigenvalue weighted by Gasteiger charge is 2.24. The second kappa shape index (κ2) is 8.36. The van der Waals surface area contributed by atoms with E-state index >= 15 is 0 Å². The van der Waals surface area contributed by atoms with E-state index in [1.54, 1.807) is 0 Å². The van der Waals surface area contributed by atoms with Crippen molar-refractivity contribution in [1.29, 1.82) is 0 Å². The Bertz CT molecular complexity index is 229. The fraction of sp³-hybridized carbons (Fsp3) is 0.667. The molecule has 1 rings (SSSR count). The Hall–Kier alpha value is -0.960. The molecule has 1 saturated heterocycles.